The zero-order chi connectivity index (χ0) is 22.4. The Morgan fingerprint density at radius 3 is 2.58 bits per heavy atom. The Kier molecular flexibility index (Phi) is 6.78. The van der Waals surface area contributed by atoms with E-state index in [1.807, 2.05) is 0 Å². The molecule has 1 N–H and O–H groups in total. The quantitative estimate of drug-likeness (QED) is 0.674. The van der Waals surface area contributed by atoms with Crippen molar-refractivity contribution >= 4 is 23.5 Å². The minimum Gasteiger partial charge on any atom is -0.452 e. The zero-order valence-electron chi connectivity index (χ0n) is 16.3. The average Bonchev–Trinajstić information content (AvgIpc) is 3.16. The van der Waals surface area contributed by atoms with Gasteiger partial charge in [0.15, 0.2) is 6.61 Å². The third-order valence-electron chi connectivity index (χ3n) is 4.48. The monoisotopic (exact) mass is 436 g/mol. The summed E-state index contributed by atoms with van der Waals surface area (Å²) in [6, 6.07) is 11.7. The van der Waals surface area contributed by atoms with Crippen LogP contribution in [0.25, 0.3) is 0 Å². The van der Waals surface area contributed by atoms with Crippen molar-refractivity contribution in [3.05, 3.63) is 59.7 Å². The van der Waals surface area contributed by atoms with Crippen molar-refractivity contribution in [1.29, 1.82) is 0 Å². The summed E-state index contributed by atoms with van der Waals surface area (Å²) in [5.74, 6) is -1.91. The summed E-state index contributed by atoms with van der Waals surface area (Å²) in [7, 11) is 0. The molecule has 1 saturated heterocycles. The van der Waals surface area contributed by atoms with Gasteiger partial charge in [0, 0.05) is 30.8 Å². The number of ether oxygens (including phenoxy) is 2. The van der Waals surface area contributed by atoms with Crippen molar-refractivity contribution in [3.63, 3.8) is 0 Å². The Labute approximate surface area is 175 Å². The number of nitrogens with zero attached hydrogens (tertiary/aromatic N) is 1. The number of hydrogen-bond acceptors (Lipinski definition) is 5. The lowest BCUT2D eigenvalue weighted by Gasteiger charge is -2.16. The van der Waals surface area contributed by atoms with Crippen molar-refractivity contribution in [3.8, 4) is 5.75 Å². The van der Waals surface area contributed by atoms with Gasteiger partial charge in [-0.05, 0) is 30.7 Å². The Balaban J connectivity index is 1.53. The third kappa shape index (κ3) is 6.21. The van der Waals surface area contributed by atoms with E-state index in [0.29, 0.717) is 18.7 Å². The van der Waals surface area contributed by atoms with Crippen LogP contribution in [-0.2, 0) is 20.9 Å². The molecule has 7 nitrogen and oxygen atoms in total. The smallest absolute Gasteiger partial charge is 0.452 e. The van der Waals surface area contributed by atoms with Gasteiger partial charge >= 0.3 is 12.3 Å². The van der Waals surface area contributed by atoms with E-state index in [1.54, 1.807) is 17.0 Å². The Morgan fingerprint density at radius 1 is 1.10 bits per heavy atom. The molecule has 1 fully saturated rings. The fourth-order valence-corrected chi connectivity index (χ4v) is 3.06. The Morgan fingerprint density at radius 2 is 1.87 bits per heavy atom. The second-order valence-electron chi connectivity index (χ2n) is 6.71. The van der Waals surface area contributed by atoms with E-state index in [1.165, 1.54) is 30.3 Å². The summed E-state index contributed by atoms with van der Waals surface area (Å²) >= 11 is 0. The number of benzene rings is 2. The highest BCUT2D eigenvalue weighted by atomic mass is 19.4. The number of hydrogen-bond donors (Lipinski definition) is 1. The highest BCUT2D eigenvalue weighted by Gasteiger charge is 2.32. The van der Waals surface area contributed by atoms with Crippen LogP contribution in [0.1, 0.15) is 28.8 Å². The molecule has 2 aromatic rings. The normalized spacial score (nSPS) is 13.8. The van der Waals surface area contributed by atoms with E-state index in [-0.39, 0.29) is 23.6 Å². The summed E-state index contributed by atoms with van der Waals surface area (Å²) < 4.78 is 46.2. The maximum Gasteiger partial charge on any atom is 0.573 e. The second-order valence-corrected chi connectivity index (χ2v) is 6.71. The molecule has 1 heterocycles. The van der Waals surface area contributed by atoms with Crippen molar-refractivity contribution in [2.75, 3.05) is 18.1 Å². The summed E-state index contributed by atoms with van der Waals surface area (Å²) in [5.41, 5.74) is 0.860. The molecule has 0 saturated carbocycles. The highest BCUT2D eigenvalue weighted by molar-refractivity contribution is 5.97. The molecular formula is C21H19F3N2O5. The summed E-state index contributed by atoms with van der Waals surface area (Å²) in [6.07, 6.45) is -3.67. The number of halogens is 3. The number of esters is 1. The van der Waals surface area contributed by atoms with Gasteiger partial charge in [-0.15, -0.1) is 13.2 Å². The number of carbonyl (C=O) groups is 3. The SMILES string of the molecule is O=C(COC(=O)c1cccc(N2CCCC2=O)c1)NCc1ccccc1OC(F)(F)F. The molecule has 1 aliphatic heterocycles. The molecule has 0 aromatic heterocycles. The van der Waals surface area contributed by atoms with Crippen LogP contribution in [0.5, 0.6) is 5.75 Å². The third-order valence-corrected chi connectivity index (χ3v) is 4.48. The lowest BCUT2D eigenvalue weighted by molar-refractivity contribution is -0.274. The van der Waals surface area contributed by atoms with Crippen LogP contribution >= 0.6 is 0 Å². The topological polar surface area (TPSA) is 84.9 Å². The van der Waals surface area contributed by atoms with Crippen LogP contribution in [0.15, 0.2) is 48.5 Å². The largest absolute Gasteiger partial charge is 0.573 e. The summed E-state index contributed by atoms with van der Waals surface area (Å²) in [4.78, 5) is 37.6. The molecule has 1 aliphatic rings. The minimum absolute atomic E-state index is 0.0281. The zero-order valence-corrected chi connectivity index (χ0v) is 16.3. The van der Waals surface area contributed by atoms with E-state index in [0.717, 1.165) is 12.5 Å². The van der Waals surface area contributed by atoms with Crippen molar-refractivity contribution in [2.24, 2.45) is 0 Å². The lowest BCUT2D eigenvalue weighted by Crippen LogP contribution is -2.29. The van der Waals surface area contributed by atoms with Gasteiger partial charge in [-0.3, -0.25) is 9.59 Å². The Hall–Kier alpha value is -3.56. The summed E-state index contributed by atoms with van der Waals surface area (Å²) in [5, 5.41) is 2.38. The molecule has 0 radical (unpaired) electrons. The van der Waals surface area contributed by atoms with Gasteiger partial charge in [0.05, 0.1) is 5.56 Å². The fraction of sp³-hybridized carbons (Fsp3) is 0.286. The molecule has 3 rings (SSSR count). The predicted octanol–water partition coefficient (Wildman–Crippen LogP) is 3.19. The molecular weight excluding hydrogens is 417 g/mol. The van der Waals surface area contributed by atoms with Gasteiger partial charge < -0.3 is 19.7 Å². The fourth-order valence-electron chi connectivity index (χ4n) is 3.06. The van der Waals surface area contributed by atoms with Crippen LogP contribution < -0.4 is 15.0 Å². The molecule has 2 amide bonds. The first kappa shape index (κ1) is 22.1. The van der Waals surface area contributed by atoms with E-state index in [2.05, 4.69) is 10.1 Å². The van der Waals surface area contributed by atoms with Gasteiger partial charge in [-0.25, -0.2) is 4.79 Å². The molecule has 0 atom stereocenters. The first-order valence-corrected chi connectivity index (χ1v) is 9.41. The number of rotatable bonds is 7. The van der Waals surface area contributed by atoms with E-state index >= 15 is 0 Å². The number of carbonyl (C=O) groups excluding carboxylic acids is 3. The number of nitrogens with one attached hydrogen (secondary N) is 1. The molecule has 0 spiro atoms. The van der Waals surface area contributed by atoms with Crippen molar-refractivity contribution in [1.82, 2.24) is 5.32 Å². The standard InChI is InChI=1S/C21H19F3N2O5/c22-21(23,24)31-17-8-2-1-5-15(17)12-25-18(27)13-30-20(29)14-6-3-7-16(11-14)26-10-4-9-19(26)28/h1-3,5-8,11H,4,9-10,12-13H2,(H,25,27). The number of amides is 2. The lowest BCUT2D eigenvalue weighted by atomic mass is 10.2. The predicted molar refractivity (Wildman–Crippen MR) is 103 cm³/mol. The van der Waals surface area contributed by atoms with Crippen molar-refractivity contribution < 1.29 is 37.0 Å². The molecule has 164 valence electrons. The van der Waals surface area contributed by atoms with Crippen LogP contribution in [0, 0.1) is 0 Å². The van der Waals surface area contributed by atoms with Crippen LogP contribution in [0.3, 0.4) is 0 Å². The molecule has 2 aromatic carbocycles. The number of para-hydroxylation sites is 1. The minimum atomic E-state index is -4.86. The maximum absolute atomic E-state index is 12.5. The van der Waals surface area contributed by atoms with Crippen LogP contribution in [0.2, 0.25) is 0 Å². The first-order chi connectivity index (χ1) is 14.7. The number of alkyl halides is 3. The van der Waals surface area contributed by atoms with Gasteiger partial charge in [0.25, 0.3) is 5.91 Å². The van der Waals surface area contributed by atoms with Gasteiger partial charge in [0.1, 0.15) is 5.75 Å². The molecule has 0 unspecified atom stereocenters. The second kappa shape index (κ2) is 9.50. The summed E-state index contributed by atoms with van der Waals surface area (Å²) in [6.45, 7) is -0.289. The van der Waals surface area contributed by atoms with E-state index < -0.39 is 30.6 Å². The van der Waals surface area contributed by atoms with Gasteiger partial charge in [0.2, 0.25) is 5.91 Å². The maximum atomic E-state index is 12.5. The molecule has 10 heteroatoms. The molecule has 0 bridgehead atoms. The Bertz CT molecular complexity index is 977. The highest BCUT2D eigenvalue weighted by Crippen LogP contribution is 2.26. The number of anilines is 1. The first-order valence-electron chi connectivity index (χ1n) is 9.41. The van der Waals surface area contributed by atoms with E-state index in [9.17, 15) is 27.6 Å². The van der Waals surface area contributed by atoms with Crippen LogP contribution in [-0.4, -0.2) is 37.3 Å². The van der Waals surface area contributed by atoms with Crippen LogP contribution in [0.4, 0.5) is 18.9 Å². The molecule has 31 heavy (non-hydrogen) atoms. The average molecular weight is 436 g/mol. The van der Waals surface area contributed by atoms with Gasteiger partial charge in [-0.1, -0.05) is 24.3 Å². The van der Waals surface area contributed by atoms with Gasteiger partial charge in [-0.2, -0.15) is 0 Å². The van der Waals surface area contributed by atoms with E-state index in [4.69, 9.17) is 4.74 Å². The van der Waals surface area contributed by atoms with Crippen molar-refractivity contribution in [2.45, 2.75) is 25.7 Å². The molecule has 0 aliphatic carbocycles.